The molecule has 200 valence electrons. The Balaban J connectivity index is 1.26. The first kappa shape index (κ1) is 27.3. The van der Waals surface area contributed by atoms with Crippen LogP contribution in [0, 0.1) is 6.92 Å². The predicted octanol–water partition coefficient (Wildman–Crippen LogP) is 3.04. The summed E-state index contributed by atoms with van der Waals surface area (Å²) in [5.41, 5.74) is 5.32. The molecule has 1 saturated heterocycles. The fourth-order valence-electron chi connectivity index (χ4n) is 4.03. The van der Waals surface area contributed by atoms with E-state index in [1.54, 1.807) is 49.7 Å². The number of ether oxygens (including phenoxy) is 2. The zero-order chi connectivity index (χ0) is 27.0. The molecule has 1 N–H and O–H groups in total. The van der Waals surface area contributed by atoms with Crippen LogP contribution >= 0.6 is 0 Å². The maximum Gasteiger partial charge on any atom is 0.254 e. The van der Waals surface area contributed by atoms with E-state index in [4.69, 9.17) is 9.47 Å². The fraction of sp³-hybridized carbons (Fsp3) is 0.286. The van der Waals surface area contributed by atoms with Crippen molar-refractivity contribution in [2.24, 2.45) is 5.10 Å². The topological polar surface area (TPSA) is 101 Å². The zero-order valence-electron chi connectivity index (χ0n) is 21.5. The summed E-state index contributed by atoms with van der Waals surface area (Å²) in [7, 11) is -1.96. The Morgan fingerprint density at radius 1 is 0.974 bits per heavy atom. The van der Waals surface area contributed by atoms with Crippen molar-refractivity contribution in [2.45, 2.75) is 18.4 Å². The molecule has 0 radical (unpaired) electrons. The molecule has 38 heavy (non-hydrogen) atoms. The van der Waals surface area contributed by atoms with Gasteiger partial charge >= 0.3 is 0 Å². The first-order valence-electron chi connectivity index (χ1n) is 12.3. The Morgan fingerprint density at radius 2 is 1.68 bits per heavy atom. The summed E-state index contributed by atoms with van der Waals surface area (Å²) >= 11 is 0. The van der Waals surface area contributed by atoms with Gasteiger partial charge in [-0.2, -0.15) is 9.41 Å². The number of hydrogen-bond donors (Lipinski definition) is 1. The average molecular weight is 537 g/mol. The van der Waals surface area contributed by atoms with Crippen LogP contribution in [0.1, 0.15) is 16.7 Å². The van der Waals surface area contributed by atoms with Crippen molar-refractivity contribution in [3.63, 3.8) is 0 Å². The molecule has 1 amide bonds. The highest BCUT2D eigenvalue weighted by atomic mass is 32.2. The molecule has 10 heteroatoms. The summed E-state index contributed by atoms with van der Waals surface area (Å²) in [6.45, 7) is 4.01. The number of piperazine rings is 1. The highest BCUT2D eigenvalue weighted by Crippen LogP contribution is 2.28. The first-order chi connectivity index (χ1) is 18.3. The van der Waals surface area contributed by atoms with E-state index in [0.29, 0.717) is 44.3 Å². The van der Waals surface area contributed by atoms with Gasteiger partial charge in [0.1, 0.15) is 6.61 Å². The Hall–Kier alpha value is -3.73. The molecule has 3 aromatic carbocycles. The van der Waals surface area contributed by atoms with E-state index in [-0.39, 0.29) is 17.3 Å². The van der Waals surface area contributed by atoms with Gasteiger partial charge in [0.05, 0.1) is 24.8 Å². The number of benzene rings is 3. The van der Waals surface area contributed by atoms with Gasteiger partial charge in [-0.3, -0.25) is 9.69 Å². The lowest BCUT2D eigenvalue weighted by Gasteiger charge is -2.33. The van der Waals surface area contributed by atoms with Crippen molar-refractivity contribution in [3.8, 4) is 11.5 Å². The van der Waals surface area contributed by atoms with Gasteiger partial charge in [-0.25, -0.2) is 13.8 Å². The highest BCUT2D eigenvalue weighted by molar-refractivity contribution is 7.89. The van der Waals surface area contributed by atoms with Crippen molar-refractivity contribution >= 4 is 22.1 Å². The van der Waals surface area contributed by atoms with Crippen LogP contribution in [-0.4, -0.2) is 69.6 Å². The number of rotatable bonds is 10. The number of hydrazone groups is 1. The van der Waals surface area contributed by atoms with Crippen LogP contribution in [0.5, 0.6) is 11.5 Å². The van der Waals surface area contributed by atoms with Gasteiger partial charge in [-0.15, -0.1) is 0 Å². The average Bonchev–Trinajstić information content (AvgIpc) is 2.93. The van der Waals surface area contributed by atoms with Crippen LogP contribution < -0.4 is 14.9 Å². The van der Waals surface area contributed by atoms with Crippen LogP contribution in [0.3, 0.4) is 0 Å². The first-order valence-corrected chi connectivity index (χ1v) is 13.7. The third-order valence-corrected chi connectivity index (χ3v) is 8.10. The van der Waals surface area contributed by atoms with Gasteiger partial charge in [0.15, 0.2) is 11.5 Å². The third-order valence-electron chi connectivity index (χ3n) is 6.18. The molecule has 0 spiro atoms. The summed E-state index contributed by atoms with van der Waals surface area (Å²) < 4.78 is 38.5. The van der Waals surface area contributed by atoms with Gasteiger partial charge in [0.2, 0.25) is 10.0 Å². The van der Waals surface area contributed by atoms with E-state index in [1.807, 2.05) is 48.2 Å². The molecule has 0 aromatic heterocycles. The largest absolute Gasteiger partial charge is 0.493 e. The Kier molecular flexibility index (Phi) is 9.11. The number of nitrogens with one attached hydrogen (secondary N) is 1. The van der Waals surface area contributed by atoms with Gasteiger partial charge < -0.3 is 9.47 Å². The standard InChI is InChI=1S/C28H32N4O5S/c1-22-8-11-25(12-9-22)38(34,35)32-16-14-31(15-17-32)20-28(33)30-29-19-24-10-13-26(36-2)27(18-24)37-21-23-6-4-3-5-7-23/h3-13,18-19H,14-17,20-21H2,1-2H3,(H,30,33)/b29-19+. The van der Waals surface area contributed by atoms with E-state index < -0.39 is 10.0 Å². The molecule has 1 fully saturated rings. The minimum Gasteiger partial charge on any atom is -0.493 e. The number of carbonyl (C=O) groups excluding carboxylic acids is 1. The summed E-state index contributed by atoms with van der Waals surface area (Å²) in [5, 5.41) is 4.07. The number of methoxy groups -OCH3 is 1. The maximum absolute atomic E-state index is 12.9. The van der Waals surface area contributed by atoms with Gasteiger partial charge in [-0.1, -0.05) is 48.0 Å². The molecule has 9 nitrogen and oxygen atoms in total. The van der Waals surface area contributed by atoms with Crippen LogP contribution in [0.25, 0.3) is 0 Å². The molecular formula is C28H32N4O5S. The van der Waals surface area contributed by atoms with Crippen molar-refractivity contribution in [1.82, 2.24) is 14.6 Å². The second-order valence-electron chi connectivity index (χ2n) is 8.97. The van der Waals surface area contributed by atoms with Crippen LogP contribution in [0.15, 0.2) is 82.8 Å². The van der Waals surface area contributed by atoms with Crippen molar-refractivity contribution in [3.05, 3.63) is 89.5 Å². The minimum absolute atomic E-state index is 0.129. The van der Waals surface area contributed by atoms with Crippen molar-refractivity contribution in [2.75, 3.05) is 39.8 Å². The molecule has 0 aliphatic carbocycles. The summed E-state index contributed by atoms with van der Waals surface area (Å²) in [4.78, 5) is 14.6. The maximum atomic E-state index is 12.9. The van der Waals surface area contributed by atoms with Crippen LogP contribution in [0.2, 0.25) is 0 Å². The van der Waals surface area contributed by atoms with Gasteiger partial charge in [0.25, 0.3) is 5.91 Å². The van der Waals surface area contributed by atoms with E-state index in [1.165, 1.54) is 4.31 Å². The number of nitrogens with zero attached hydrogens (tertiary/aromatic N) is 3. The quantitative estimate of drug-likeness (QED) is 0.316. The molecule has 3 aromatic rings. The number of sulfonamides is 1. The molecular weight excluding hydrogens is 504 g/mol. The fourth-order valence-corrected chi connectivity index (χ4v) is 5.45. The summed E-state index contributed by atoms with van der Waals surface area (Å²) in [5.74, 6) is 0.904. The lowest BCUT2D eigenvalue weighted by molar-refractivity contribution is -0.122. The lowest BCUT2D eigenvalue weighted by Crippen LogP contribution is -2.50. The van der Waals surface area contributed by atoms with E-state index in [2.05, 4.69) is 10.5 Å². The normalized spacial score (nSPS) is 14.9. The van der Waals surface area contributed by atoms with Crippen LogP contribution in [0.4, 0.5) is 0 Å². The molecule has 0 saturated carbocycles. The minimum atomic E-state index is -3.54. The highest BCUT2D eigenvalue weighted by Gasteiger charge is 2.28. The molecule has 0 atom stereocenters. The molecule has 1 aliphatic rings. The van der Waals surface area contributed by atoms with E-state index in [0.717, 1.165) is 16.7 Å². The molecule has 0 bridgehead atoms. The summed E-state index contributed by atoms with van der Waals surface area (Å²) in [6.07, 6.45) is 1.54. The SMILES string of the molecule is COc1ccc(/C=N/NC(=O)CN2CCN(S(=O)(=O)c3ccc(C)cc3)CC2)cc1OCc1ccccc1. The van der Waals surface area contributed by atoms with Gasteiger partial charge in [0, 0.05) is 26.2 Å². The second-order valence-corrected chi connectivity index (χ2v) is 10.9. The number of hydrogen-bond acceptors (Lipinski definition) is 7. The number of aryl methyl sites for hydroxylation is 1. The summed E-state index contributed by atoms with van der Waals surface area (Å²) in [6, 6.07) is 22.1. The second kappa shape index (κ2) is 12.7. The number of carbonyl (C=O) groups is 1. The van der Waals surface area contributed by atoms with E-state index in [9.17, 15) is 13.2 Å². The Bertz CT molecular complexity index is 1350. The number of amides is 1. The van der Waals surface area contributed by atoms with Crippen molar-refractivity contribution < 1.29 is 22.7 Å². The molecule has 0 unspecified atom stereocenters. The van der Waals surface area contributed by atoms with E-state index >= 15 is 0 Å². The van der Waals surface area contributed by atoms with Crippen LogP contribution in [-0.2, 0) is 21.4 Å². The Labute approximate surface area is 223 Å². The zero-order valence-corrected chi connectivity index (χ0v) is 22.4. The molecule has 1 heterocycles. The molecule has 4 rings (SSSR count). The predicted molar refractivity (Wildman–Crippen MR) is 146 cm³/mol. The van der Waals surface area contributed by atoms with Gasteiger partial charge in [-0.05, 0) is 48.4 Å². The molecule has 1 aliphatic heterocycles. The Morgan fingerprint density at radius 3 is 2.37 bits per heavy atom. The lowest BCUT2D eigenvalue weighted by atomic mass is 10.2. The van der Waals surface area contributed by atoms with Crippen molar-refractivity contribution in [1.29, 1.82) is 0 Å². The third kappa shape index (κ3) is 7.18. The monoisotopic (exact) mass is 536 g/mol. The smallest absolute Gasteiger partial charge is 0.254 e.